The normalized spacial score (nSPS) is 21.8. The molecule has 1 aliphatic heterocycles. The van der Waals surface area contributed by atoms with Crippen molar-refractivity contribution in [1.29, 1.82) is 0 Å². The molecule has 54 heavy (non-hydrogen) atoms. The van der Waals surface area contributed by atoms with Gasteiger partial charge in [-0.05, 0) is 42.4 Å². The second-order valence-corrected chi connectivity index (χ2v) is 15.3. The highest BCUT2D eigenvalue weighted by atomic mass is 16.7. The molecule has 3 rings (SSSR count). The van der Waals surface area contributed by atoms with Crippen molar-refractivity contribution >= 4 is 5.91 Å². The standard InChI is InChI=1S/C44H71NO9/c1-2-3-4-5-6-7-8-9-10-11-14-20-25-37(47)40(49)36(32-53-44-43(52)42(51)41(50)38(31-46)54-44)45-39(48)26-21-15-12-13-17-22-33-27-29-35(30-28-33)34-23-18-16-19-24-34/h16,18-19,23-24,27-30,36-38,40-44,46-47,49-52H,2-15,17,20-22,25-26,31-32H2,1H3,(H,45,48)/t36-,37+,38?,40-,41?,42?,43?,44?/m0/s1. The number of hydrogen-bond donors (Lipinski definition) is 7. The Bertz CT molecular complexity index is 1230. The molecule has 1 fully saturated rings. The fourth-order valence-corrected chi connectivity index (χ4v) is 7.18. The molecular weight excluding hydrogens is 686 g/mol. The SMILES string of the molecule is CCCCCCCCCCCCCC[C@@H](O)[C@@H](O)[C@H](COC1OC(CO)C(O)C(O)C1O)NC(=O)CCCCCCCc1ccc(-c2ccccc2)cc1. The molecule has 8 atom stereocenters. The van der Waals surface area contributed by atoms with E-state index in [0.717, 1.165) is 57.8 Å². The first-order valence-corrected chi connectivity index (χ1v) is 21.0. The Morgan fingerprint density at radius 1 is 0.704 bits per heavy atom. The quantitative estimate of drug-likeness (QED) is 0.0468. The molecule has 1 saturated heterocycles. The van der Waals surface area contributed by atoms with E-state index in [1.54, 1.807) is 0 Å². The number of amides is 1. The molecule has 7 N–H and O–H groups in total. The topological polar surface area (TPSA) is 169 Å². The van der Waals surface area contributed by atoms with Crippen molar-refractivity contribution < 1.29 is 44.9 Å². The Balaban J connectivity index is 1.38. The molecule has 0 aliphatic carbocycles. The minimum Gasteiger partial charge on any atom is -0.394 e. The van der Waals surface area contributed by atoms with Gasteiger partial charge in [-0.3, -0.25) is 4.79 Å². The first-order valence-electron chi connectivity index (χ1n) is 21.0. The Kier molecular flexibility index (Phi) is 23.2. The molecule has 10 nitrogen and oxygen atoms in total. The maximum atomic E-state index is 13.0. The van der Waals surface area contributed by atoms with Crippen LogP contribution < -0.4 is 5.32 Å². The van der Waals surface area contributed by atoms with Gasteiger partial charge in [-0.25, -0.2) is 0 Å². The van der Waals surface area contributed by atoms with Gasteiger partial charge in [-0.2, -0.15) is 0 Å². The van der Waals surface area contributed by atoms with E-state index in [9.17, 15) is 35.4 Å². The molecule has 1 aliphatic rings. The highest BCUT2D eigenvalue weighted by Gasteiger charge is 2.44. The lowest BCUT2D eigenvalue weighted by atomic mass is 9.98. The van der Waals surface area contributed by atoms with Crippen LogP contribution in [0, 0.1) is 0 Å². The number of carbonyl (C=O) groups excluding carboxylic acids is 1. The molecular formula is C44H71NO9. The number of aliphatic hydroxyl groups excluding tert-OH is 6. The van der Waals surface area contributed by atoms with Crippen molar-refractivity contribution in [2.75, 3.05) is 13.2 Å². The fraction of sp³-hybridized carbons (Fsp3) is 0.705. The maximum Gasteiger partial charge on any atom is 0.220 e. The van der Waals surface area contributed by atoms with Gasteiger partial charge in [0.25, 0.3) is 0 Å². The van der Waals surface area contributed by atoms with E-state index < -0.39 is 55.6 Å². The molecule has 1 heterocycles. The Morgan fingerprint density at radius 3 is 1.87 bits per heavy atom. The summed E-state index contributed by atoms with van der Waals surface area (Å²) in [5.74, 6) is -0.285. The van der Waals surface area contributed by atoms with E-state index in [1.165, 1.54) is 68.1 Å². The predicted molar refractivity (Wildman–Crippen MR) is 213 cm³/mol. The first-order chi connectivity index (χ1) is 26.2. The van der Waals surface area contributed by atoms with E-state index in [1.807, 2.05) is 18.2 Å². The second kappa shape index (κ2) is 27.2. The van der Waals surface area contributed by atoms with Gasteiger partial charge in [0.2, 0.25) is 5.91 Å². The summed E-state index contributed by atoms with van der Waals surface area (Å²) < 4.78 is 11.1. The second-order valence-electron chi connectivity index (χ2n) is 15.3. The average Bonchev–Trinajstić information content (AvgIpc) is 3.19. The minimum absolute atomic E-state index is 0.249. The van der Waals surface area contributed by atoms with Gasteiger partial charge in [-0.15, -0.1) is 0 Å². The highest BCUT2D eigenvalue weighted by Crippen LogP contribution is 2.24. The van der Waals surface area contributed by atoms with Crippen LogP contribution in [0.15, 0.2) is 54.6 Å². The molecule has 1 amide bonds. The molecule has 5 unspecified atom stereocenters. The van der Waals surface area contributed by atoms with Crippen LogP contribution in [0.25, 0.3) is 11.1 Å². The molecule has 306 valence electrons. The smallest absolute Gasteiger partial charge is 0.220 e. The number of unbranched alkanes of at least 4 members (excludes halogenated alkanes) is 15. The van der Waals surface area contributed by atoms with Crippen molar-refractivity contribution in [2.24, 2.45) is 0 Å². The third-order valence-corrected chi connectivity index (χ3v) is 10.7. The summed E-state index contributed by atoms with van der Waals surface area (Å²) in [5.41, 5.74) is 3.73. The summed E-state index contributed by atoms with van der Waals surface area (Å²) in [5, 5.41) is 65.1. The Hall–Kier alpha value is -2.41. The van der Waals surface area contributed by atoms with Gasteiger partial charge < -0.3 is 45.4 Å². The van der Waals surface area contributed by atoms with Crippen LogP contribution in [-0.2, 0) is 20.7 Å². The molecule has 10 heteroatoms. The van der Waals surface area contributed by atoms with E-state index in [2.05, 4.69) is 48.6 Å². The van der Waals surface area contributed by atoms with Crippen molar-refractivity contribution in [2.45, 2.75) is 184 Å². The van der Waals surface area contributed by atoms with Gasteiger partial charge in [0.05, 0.1) is 25.4 Å². The number of benzene rings is 2. The zero-order valence-corrected chi connectivity index (χ0v) is 32.8. The van der Waals surface area contributed by atoms with Crippen LogP contribution in [0.4, 0.5) is 0 Å². The maximum absolute atomic E-state index is 13.0. The van der Waals surface area contributed by atoms with Gasteiger partial charge in [0, 0.05) is 6.42 Å². The third-order valence-electron chi connectivity index (χ3n) is 10.7. The van der Waals surface area contributed by atoms with Crippen molar-refractivity contribution in [3.05, 3.63) is 60.2 Å². The Morgan fingerprint density at radius 2 is 1.26 bits per heavy atom. The predicted octanol–water partition coefficient (Wildman–Crippen LogP) is 6.35. The summed E-state index contributed by atoms with van der Waals surface area (Å²) in [4.78, 5) is 13.0. The molecule has 0 radical (unpaired) electrons. The number of nitrogens with one attached hydrogen (secondary N) is 1. The average molecular weight is 758 g/mol. The summed E-state index contributed by atoms with van der Waals surface area (Å²) in [6, 6.07) is 18.0. The van der Waals surface area contributed by atoms with E-state index in [0.29, 0.717) is 12.8 Å². The molecule has 0 spiro atoms. The zero-order valence-electron chi connectivity index (χ0n) is 32.8. The van der Waals surface area contributed by atoms with Crippen LogP contribution in [0.1, 0.15) is 134 Å². The van der Waals surface area contributed by atoms with Crippen LogP contribution >= 0.6 is 0 Å². The van der Waals surface area contributed by atoms with Crippen molar-refractivity contribution in [3.8, 4) is 11.1 Å². The van der Waals surface area contributed by atoms with Crippen molar-refractivity contribution in [3.63, 3.8) is 0 Å². The number of carbonyl (C=O) groups is 1. The summed E-state index contributed by atoms with van der Waals surface area (Å²) in [6.07, 6.45) is 10.8. The lowest BCUT2D eigenvalue weighted by molar-refractivity contribution is -0.303. The molecule has 0 bridgehead atoms. The molecule has 0 saturated carbocycles. The van der Waals surface area contributed by atoms with Crippen LogP contribution in [-0.4, -0.2) is 98.7 Å². The Labute approximate surface area is 324 Å². The lowest BCUT2D eigenvalue weighted by Crippen LogP contribution is -2.60. The van der Waals surface area contributed by atoms with E-state index >= 15 is 0 Å². The van der Waals surface area contributed by atoms with E-state index in [4.69, 9.17) is 9.47 Å². The number of rotatable bonds is 29. The molecule has 2 aromatic carbocycles. The van der Waals surface area contributed by atoms with Gasteiger partial charge in [0.1, 0.15) is 30.5 Å². The van der Waals surface area contributed by atoms with Crippen LogP contribution in [0.3, 0.4) is 0 Å². The van der Waals surface area contributed by atoms with Gasteiger partial charge in [-0.1, -0.05) is 158 Å². The highest BCUT2D eigenvalue weighted by molar-refractivity contribution is 5.76. The largest absolute Gasteiger partial charge is 0.394 e. The van der Waals surface area contributed by atoms with E-state index in [-0.39, 0.29) is 18.9 Å². The summed E-state index contributed by atoms with van der Waals surface area (Å²) in [7, 11) is 0. The lowest BCUT2D eigenvalue weighted by Gasteiger charge is -2.40. The number of aliphatic hydroxyl groups is 6. The molecule has 0 aromatic heterocycles. The minimum atomic E-state index is -1.62. The zero-order chi connectivity index (χ0) is 39.0. The first kappa shape index (κ1) is 46.0. The number of aryl methyl sites for hydroxylation is 1. The fourth-order valence-electron chi connectivity index (χ4n) is 7.18. The third kappa shape index (κ3) is 17.2. The van der Waals surface area contributed by atoms with Gasteiger partial charge >= 0.3 is 0 Å². The summed E-state index contributed by atoms with van der Waals surface area (Å²) in [6.45, 7) is 1.31. The van der Waals surface area contributed by atoms with Gasteiger partial charge in [0.15, 0.2) is 6.29 Å². The number of hydrogen-bond acceptors (Lipinski definition) is 9. The van der Waals surface area contributed by atoms with Crippen molar-refractivity contribution in [1.82, 2.24) is 5.32 Å². The number of ether oxygens (including phenoxy) is 2. The summed E-state index contributed by atoms with van der Waals surface area (Å²) >= 11 is 0. The monoisotopic (exact) mass is 758 g/mol. The molecule has 2 aromatic rings. The van der Waals surface area contributed by atoms with Crippen LogP contribution in [0.5, 0.6) is 0 Å². The van der Waals surface area contributed by atoms with Crippen LogP contribution in [0.2, 0.25) is 0 Å².